The highest BCUT2D eigenvalue weighted by atomic mass is 32.2. The quantitative estimate of drug-likeness (QED) is 0.723. The lowest BCUT2D eigenvalue weighted by atomic mass is 9.96. The predicted octanol–water partition coefficient (Wildman–Crippen LogP) is 4.62. The normalized spacial score (nSPS) is 12.4. The summed E-state index contributed by atoms with van der Waals surface area (Å²) in [5.74, 6) is 0.749. The van der Waals surface area contributed by atoms with Crippen molar-refractivity contribution in [2.24, 2.45) is 5.92 Å². The van der Waals surface area contributed by atoms with Crippen LogP contribution in [0.2, 0.25) is 0 Å². The van der Waals surface area contributed by atoms with Gasteiger partial charge in [-0.15, -0.1) is 0 Å². The van der Waals surface area contributed by atoms with Crippen LogP contribution in [0.15, 0.2) is 42.5 Å². The first-order chi connectivity index (χ1) is 10.2. The van der Waals surface area contributed by atoms with Gasteiger partial charge in [0, 0.05) is 5.75 Å². The van der Waals surface area contributed by atoms with Gasteiger partial charge in [0.05, 0.1) is 5.92 Å². The number of carboxylic acids is 1. The lowest BCUT2D eigenvalue weighted by molar-refractivity contribution is -0.140. The minimum atomic E-state index is -0.688. The average molecular weight is 302 g/mol. The van der Waals surface area contributed by atoms with Crippen LogP contribution in [0, 0.1) is 5.92 Å². The van der Waals surface area contributed by atoms with Gasteiger partial charge >= 0.3 is 5.97 Å². The van der Waals surface area contributed by atoms with E-state index in [1.165, 1.54) is 10.8 Å². The molecule has 0 aliphatic carbocycles. The molecule has 0 aliphatic rings. The maximum absolute atomic E-state index is 11.5. The molecule has 0 aliphatic heterocycles. The number of carboxylic acid groups (broad SMARTS) is 1. The Morgan fingerprint density at radius 1 is 1.19 bits per heavy atom. The number of rotatable bonds is 8. The van der Waals surface area contributed by atoms with Gasteiger partial charge < -0.3 is 5.11 Å². The van der Waals surface area contributed by atoms with Gasteiger partial charge in [-0.3, -0.25) is 4.79 Å². The van der Waals surface area contributed by atoms with E-state index in [1.807, 2.05) is 18.2 Å². The van der Waals surface area contributed by atoms with Crippen molar-refractivity contribution < 1.29 is 9.90 Å². The minimum absolute atomic E-state index is 0.308. The molecule has 0 unspecified atom stereocenters. The molecule has 2 aromatic carbocycles. The van der Waals surface area contributed by atoms with Crippen LogP contribution in [0.5, 0.6) is 0 Å². The predicted molar refractivity (Wildman–Crippen MR) is 91.0 cm³/mol. The Labute approximate surface area is 130 Å². The summed E-state index contributed by atoms with van der Waals surface area (Å²) < 4.78 is 0. The van der Waals surface area contributed by atoms with E-state index in [2.05, 4.69) is 31.2 Å². The summed E-state index contributed by atoms with van der Waals surface area (Å²) in [6, 6.07) is 14.3. The second kappa shape index (κ2) is 8.08. The van der Waals surface area contributed by atoms with E-state index in [-0.39, 0.29) is 5.92 Å². The van der Waals surface area contributed by atoms with Crippen LogP contribution in [-0.2, 0) is 11.2 Å². The molecule has 0 radical (unpaired) electrons. The lowest BCUT2D eigenvalue weighted by Crippen LogP contribution is -2.19. The summed E-state index contributed by atoms with van der Waals surface area (Å²) in [6.07, 6.45) is 2.93. The molecule has 0 amide bonds. The van der Waals surface area contributed by atoms with E-state index in [1.54, 1.807) is 11.8 Å². The molecule has 0 spiro atoms. The van der Waals surface area contributed by atoms with Crippen molar-refractivity contribution in [2.45, 2.75) is 26.2 Å². The molecule has 2 aromatic rings. The summed E-state index contributed by atoms with van der Waals surface area (Å²) in [4.78, 5) is 11.5. The van der Waals surface area contributed by atoms with Crippen LogP contribution in [0.1, 0.15) is 25.3 Å². The van der Waals surface area contributed by atoms with Crippen LogP contribution in [-0.4, -0.2) is 22.6 Å². The Balaban J connectivity index is 2.10. The maximum atomic E-state index is 11.5. The highest BCUT2D eigenvalue weighted by molar-refractivity contribution is 7.99. The smallest absolute Gasteiger partial charge is 0.307 e. The summed E-state index contributed by atoms with van der Waals surface area (Å²) in [7, 11) is 0. The number of aliphatic carboxylic acids is 1. The van der Waals surface area contributed by atoms with Crippen LogP contribution in [0.4, 0.5) is 0 Å². The van der Waals surface area contributed by atoms with Gasteiger partial charge in [0.2, 0.25) is 0 Å². The highest BCUT2D eigenvalue weighted by Crippen LogP contribution is 2.23. The van der Waals surface area contributed by atoms with Crippen molar-refractivity contribution in [3.63, 3.8) is 0 Å². The van der Waals surface area contributed by atoms with Crippen molar-refractivity contribution >= 4 is 28.5 Å². The van der Waals surface area contributed by atoms with Gasteiger partial charge in [0.1, 0.15) is 0 Å². The number of hydrogen-bond acceptors (Lipinski definition) is 2. The molecule has 2 nitrogen and oxygen atoms in total. The topological polar surface area (TPSA) is 37.3 Å². The van der Waals surface area contributed by atoms with Crippen LogP contribution >= 0.6 is 11.8 Å². The standard InChI is InChI=1S/C18H22O2S/c1-2-3-11-21-13-16(18(19)20)12-15-9-6-8-14-7-4-5-10-17(14)15/h4-10,16H,2-3,11-13H2,1H3,(H,19,20)/t16-/m1/s1. The van der Waals surface area contributed by atoms with E-state index >= 15 is 0 Å². The monoisotopic (exact) mass is 302 g/mol. The zero-order chi connectivity index (χ0) is 15.1. The number of unbranched alkanes of at least 4 members (excludes halogenated alkanes) is 1. The average Bonchev–Trinajstić information content (AvgIpc) is 2.50. The van der Waals surface area contributed by atoms with E-state index in [0.29, 0.717) is 12.2 Å². The summed E-state index contributed by atoms with van der Waals surface area (Å²) in [6.45, 7) is 2.16. The minimum Gasteiger partial charge on any atom is -0.481 e. The van der Waals surface area contributed by atoms with Gasteiger partial charge in [0.15, 0.2) is 0 Å². The zero-order valence-corrected chi connectivity index (χ0v) is 13.2. The fourth-order valence-corrected chi connectivity index (χ4v) is 3.63. The molecule has 0 saturated heterocycles. The SMILES string of the molecule is CCCCSC[C@@H](Cc1cccc2ccccc12)C(=O)O. The van der Waals surface area contributed by atoms with Crippen molar-refractivity contribution in [1.29, 1.82) is 0 Å². The highest BCUT2D eigenvalue weighted by Gasteiger charge is 2.18. The number of fused-ring (bicyclic) bond motifs is 1. The third-order valence-electron chi connectivity index (χ3n) is 3.66. The molecule has 0 heterocycles. The van der Waals surface area contributed by atoms with Crippen LogP contribution < -0.4 is 0 Å². The molecule has 1 atom stereocenters. The van der Waals surface area contributed by atoms with E-state index in [0.717, 1.165) is 24.2 Å². The van der Waals surface area contributed by atoms with E-state index in [9.17, 15) is 9.90 Å². The van der Waals surface area contributed by atoms with E-state index < -0.39 is 5.97 Å². The molecule has 0 saturated carbocycles. The van der Waals surface area contributed by atoms with Crippen molar-refractivity contribution in [3.8, 4) is 0 Å². The molecular formula is C18H22O2S. The Hall–Kier alpha value is -1.48. The fraction of sp³-hybridized carbons (Fsp3) is 0.389. The largest absolute Gasteiger partial charge is 0.481 e. The Morgan fingerprint density at radius 2 is 1.95 bits per heavy atom. The zero-order valence-electron chi connectivity index (χ0n) is 12.4. The second-order valence-electron chi connectivity index (χ2n) is 5.31. The molecule has 0 bridgehead atoms. The Kier molecular flexibility index (Phi) is 6.12. The number of carbonyl (C=O) groups is 1. The molecule has 3 heteroatoms. The molecule has 0 aromatic heterocycles. The first-order valence-electron chi connectivity index (χ1n) is 7.49. The molecule has 21 heavy (non-hydrogen) atoms. The third-order valence-corrected chi connectivity index (χ3v) is 4.87. The first-order valence-corrected chi connectivity index (χ1v) is 8.65. The Bertz CT molecular complexity index is 589. The Morgan fingerprint density at radius 3 is 2.71 bits per heavy atom. The van der Waals surface area contributed by atoms with Crippen LogP contribution in [0.25, 0.3) is 10.8 Å². The maximum Gasteiger partial charge on any atom is 0.307 e. The van der Waals surface area contributed by atoms with Crippen LogP contribution in [0.3, 0.4) is 0 Å². The molecular weight excluding hydrogens is 280 g/mol. The lowest BCUT2D eigenvalue weighted by Gasteiger charge is -2.14. The van der Waals surface area contributed by atoms with Crippen molar-refractivity contribution in [1.82, 2.24) is 0 Å². The summed E-state index contributed by atoms with van der Waals surface area (Å²) in [5.41, 5.74) is 1.14. The second-order valence-corrected chi connectivity index (χ2v) is 6.46. The molecule has 112 valence electrons. The van der Waals surface area contributed by atoms with Gasteiger partial charge in [-0.1, -0.05) is 55.8 Å². The first kappa shape index (κ1) is 15.9. The fourth-order valence-electron chi connectivity index (χ4n) is 2.43. The van der Waals surface area contributed by atoms with Gasteiger partial charge in [0.25, 0.3) is 0 Å². The number of hydrogen-bond donors (Lipinski definition) is 1. The van der Waals surface area contributed by atoms with Gasteiger partial charge in [-0.2, -0.15) is 11.8 Å². The van der Waals surface area contributed by atoms with E-state index in [4.69, 9.17) is 0 Å². The third kappa shape index (κ3) is 4.50. The molecule has 2 rings (SSSR count). The molecule has 1 N–H and O–H groups in total. The van der Waals surface area contributed by atoms with Gasteiger partial charge in [-0.05, 0) is 34.9 Å². The summed E-state index contributed by atoms with van der Waals surface area (Å²) >= 11 is 1.76. The number of benzene rings is 2. The van der Waals surface area contributed by atoms with Crippen molar-refractivity contribution in [3.05, 3.63) is 48.0 Å². The molecule has 0 fully saturated rings. The van der Waals surface area contributed by atoms with Crippen molar-refractivity contribution in [2.75, 3.05) is 11.5 Å². The van der Waals surface area contributed by atoms with Gasteiger partial charge in [-0.25, -0.2) is 0 Å². The number of thioether (sulfide) groups is 1. The summed E-state index contributed by atoms with van der Waals surface area (Å²) in [5, 5.41) is 11.8.